The van der Waals surface area contributed by atoms with Gasteiger partial charge in [0.1, 0.15) is 0 Å². The lowest BCUT2D eigenvalue weighted by Crippen LogP contribution is -2.26. The van der Waals surface area contributed by atoms with Crippen molar-refractivity contribution in [3.63, 3.8) is 0 Å². The van der Waals surface area contributed by atoms with Gasteiger partial charge in [0, 0.05) is 10.9 Å². The van der Waals surface area contributed by atoms with Crippen molar-refractivity contribution in [3.05, 3.63) is 87.1 Å². The van der Waals surface area contributed by atoms with Crippen molar-refractivity contribution in [3.8, 4) is 22.7 Å². The minimum absolute atomic E-state index is 0.00483. The third-order valence-corrected chi connectivity index (χ3v) is 5.18. The number of carbonyl (C=O) groups excluding carboxylic acids is 1. The van der Waals surface area contributed by atoms with Crippen LogP contribution in [0.2, 0.25) is 0 Å². The van der Waals surface area contributed by atoms with Crippen LogP contribution in [-0.2, 0) is 0 Å². The molecule has 7 nitrogen and oxygen atoms in total. The molecule has 8 heteroatoms. The van der Waals surface area contributed by atoms with Crippen LogP contribution >= 0.6 is 11.3 Å². The van der Waals surface area contributed by atoms with Gasteiger partial charge >= 0.3 is 0 Å². The average molecular weight is 418 g/mol. The molecule has 0 radical (unpaired) electrons. The van der Waals surface area contributed by atoms with E-state index in [4.69, 9.17) is 4.74 Å². The highest BCUT2D eigenvalue weighted by molar-refractivity contribution is 7.09. The first-order valence-electron chi connectivity index (χ1n) is 9.13. The molecular weight excluding hydrogens is 400 g/mol. The molecule has 4 aromatic rings. The summed E-state index contributed by atoms with van der Waals surface area (Å²) in [6.07, 6.45) is 0. The maximum atomic E-state index is 13.1. The van der Waals surface area contributed by atoms with Crippen LogP contribution in [0.25, 0.3) is 16.9 Å². The van der Waals surface area contributed by atoms with Crippen molar-refractivity contribution in [2.45, 2.75) is 6.92 Å². The molecule has 0 bridgehead atoms. The van der Waals surface area contributed by atoms with Gasteiger partial charge in [0.15, 0.2) is 11.4 Å². The molecule has 0 fully saturated rings. The molecule has 0 saturated carbocycles. The van der Waals surface area contributed by atoms with Crippen LogP contribution in [0.3, 0.4) is 0 Å². The lowest BCUT2D eigenvalue weighted by atomic mass is 10.1. The number of nitrogens with one attached hydrogen (secondary N) is 1. The lowest BCUT2D eigenvalue weighted by Gasteiger charge is -2.13. The second-order valence-corrected chi connectivity index (χ2v) is 7.46. The summed E-state index contributed by atoms with van der Waals surface area (Å²) >= 11 is 1.54. The summed E-state index contributed by atoms with van der Waals surface area (Å²) in [4.78, 5) is 30.0. The highest BCUT2D eigenvalue weighted by Gasteiger charge is 2.20. The van der Waals surface area contributed by atoms with Crippen LogP contribution in [0.1, 0.15) is 15.5 Å². The van der Waals surface area contributed by atoms with Gasteiger partial charge in [-0.2, -0.15) is 9.78 Å². The highest BCUT2D eigenvalue weighted by Crippen LogP contribution is 2.29. The van der Waals surface area contributed by atoms with Crippen LogP contribution in [0, 0.1) is 6.92 Å². The quantitative estimate of drug-likeness (QED) is 0.531. The Hall–Kier alpha value is -3.78. The number of carbonyl (C=O) groups is 1. The number of thiazole rings is 1. The van der Waals surface area contributed by atoms with Gasteiger partial charge in [-0.1, -0.05) is 36.4 Å². The minimum Gasteiger partial charge on any atom is -0.494 e. The second-order valence-electron chi connectivity index (χ2n) is 6.40. The Morgan fingerprint density at radius 2 is 1.83 bits per heavy atom. The van der Waals surface area contributed by atoms with Gasteiger partial charge in [-0.25, -0.2) is 4.98 Å². The van der Waals surface area contributed by atoms with E-state index in [9.17, 15) is 9.59 Å². The summed E-state index contributed by atoms with van der Waals surface area (Å²) in [6, 6.07) is 17.5. The fourth-order valence-corrected chi connectivity index (χ4v) is 3.60. The molecule has 0 aliphatic heterocycles. The smallest absolute Gasteiger partial charge is 0.280 e. The molecule has 0 aliphatic rings. The van der Waals surface area contributed by atoms with Crippen molar-refractivity contribution in [1.29, 1.82) is 0 Å². The first kappa shape index (κ1) is 19.5. The Bertz CT molecular complexity index is 1260. The van der Waals surface area contributed by atoms with E-state index in [1.807, 2.05) is 36.6 Å². The zero-order valence-electron chi connectivity index (χ0n) is 16.3. The molecule has 2 aromatic heterocycles. The third kappa shape index (κ3) is 3.85. The molecule has 150 valence electrons. The van der Waals surface area contributed by atoms with E-state index < -0.39 is 11.5 Å². The Labute approximate surface area is 176 Å². The first-order chi connectivity index (χ1) is 14.6. The Kier molecular flexibility index (Phi) is 5.40. The van der Waals surface area contributed by atoms with E-state index in [2.05, 4.69) is 15.4 Å². The topological polar surface area (TPSA) is 86.1 Å². The Balaban J connectivity index is 1.74. The van der Waals surface area contributed by atoms with E-state index >= 15 is 0 Å². The third-order valence-electron chi connectivity index (χ3n) is 4.40. The van der Waals surface area contributed by atoms with E-state index in [1.165, 1.54) is 29.2 Å². The van der Waals surface area contributed by atoms with Gasteiger partial charge in [0.2, 0.25) is 0 Å². The molecule has 2 heterocycles. The number of ether oxygens (including phenoxy) is 1. The van der Waals surface area contributed by atoms with Crippen molar-refractivity contribution in [1.82, 2.24) is 14.8 Å². The van der Waals surface area contributed by atoms with E-state index in [0.29, 0.717) is 11.4 Å². The minimum atomic E-state index is -0.490. The fourth-order valence-electron chi connectivity index (χ4n) is 2.99. The van der Waals surface area contributed by atoms with Gasteiger partial charge < -0.3 is 10.1 Å². The number of nitrogens with zero attached hydrogens (tertiary/aromatic N) is 3. The molecule has 0 unspecified atom stereocenters. The van der Waals surface area contributed by atoms with Gasteiger partial charge in [-0.3, -0.25) is 9.59 Å². The molecular formula is C22H18N4O3S. The Morgan fingerprint density at radius 3 is 2.53 bits per heavy atom. The second kappa shape index (κ2) is 8.30. The van der Waals surface area contributed by atoms with Crippen molar-refractivity contribution in [2.24, 2.45) is 0 Å². The van der Waals surface area contributed by atoms with Crippen LogP contribution < -0.4 is 15.6 Å². The van der Waals surface area contributed by atoms with Crippen LogP contribution in [0.5, 0.6) is 5.75 Å². The molecule has 4 rings (SSSR count). The number of para-hydroxylation sites is 2. The molecule has 30 heavy (non-hydrogen) atoms. The SMILES string of the molecule is COc1cc(=O)n(-c2ccccc2)nc1C(=O)Nc1ccccc1-c1csc(C)n1. The van der Waals surface area contributed by atoms with Gasteiger partial charge in [0.25, 0.3) is 11.5 Å². The number of amides is 1. The summed E-state index contributed by atoms with van der Waals surface area (Å²) < 4.78 is 6.42. The fraction of sp³-hybridized carbons (Fsp3) is 0.0909. The molecule has 1 N–H and O–H groups in total. The lowest BCUT2D eigenvalue weighted by molar-refractivity contribution is 0.101. The van der Waals surface area contributed by atoms with Crippen LogP contribution in [0.4, 0.5) is 5.69 Å². The summed E-state index contributed by atoms with van der Waals surface area (Å²) in [6.45, 7) is 1.93. The predicted molar refractivity (Wildman–Crippen MR) is 117 cm³/mol. The summed E-state index contributed by atoms with van der Waals surface area (Å²) in [7, 11) is 1.39. The zero-order chi connectivity index (χ0) is 21.1. The molecule has 0 atom stereocenters. The first-order valence-corrected chi connectivity index (χ1v) is 10.0. The van der Waals surface area contributed by atoms with E-state index in [0.717, 1.165) is 16.3 Å². The van der Waals surface area contributed by atoms with Crippen LogP contribution in [0.15, 0.2) is 70.8 Å². The molecule has 0 aliphatic carbocycles. The number of anilines is 1. The summed E-state index contributed by atoms with van der Waals surface area (Å²) in [5, 5.41) is 10.0. The normalized spacial score (nSPS) is 10.6. The highest BCUT2D eigenvalue weighted by atomic mass is 32.1. The molecule has 2 aromatic carbocycles. The number of methoxy groups -OCH3 is 1. The maximum absolute atomic E-state index is 13.1. The average Bonchev–Trinajstić information content (AvgIpc) is 3.20. The van der Waals surface area contributed by atoms with Gasteiger partial charge in [-0.15, -0.1) is 11.3 Å². The molecule has 1 amide bonds. The van der Waals surface area contributed by atoms with E-state index in [-0.39, 0.29) is 11.4 Å². The Morgan fingerprint density at radius 1 is 1.10 bits per heavy atom. The maximum Gasteiger partial charge on any atom is 0.280 e. The molecule has 0 saturated heterocycles. The predicted octanol–water partition coefficient (Wildman–Crippen LogP) is 3.93. The monoisotopic (exact) mass is 418 g/mol. The summed E-state index contributed by atoms with van der Waals surface area (Å²) in [5.74, 6) is -0.386. The van der Waals surface area contributed by atoms with E-state index in [1.54, 1.807) is 30.3 Å². The number of benzene rings is 2. The number of rotatable bonds is 5. The summed E-state index contributed by atoms with van der Waals surface area (Å²) in [5.41, 5.74) is 2.33. The largest absolute Gasteiger partial charge is 0.494 e. The zero-order valence-corrected chi connectivity index (χ0v) is 17.1. The van der Waals surface area contributed by atoms with Gasteiger partial charge in [-0.05, 0) is 25.1 Å². The number of hydrogen-bond donors (Lipinski definition) is 1. The van der Waals surface area contributed by atoms with Gasteiger partial charge in [0.05, 0.1) is 35.3 Å². The number of aryl methyl sites for hydroxylation is 1. The van der Waals surface area contributed by atoms with Crippen molar-refractivity contribution in [2.75, 3.05) is 12.4 Å². The number of hydrogen-bond acceptors (Lipinski definition) is 6. The number of aromatic nitrogens is 3. The molecule has 0 spiro atoms. The van der Waals surface area contributed by atoms with Crippen LogP contribution in [-0.4, -0.2) is 27.8 Å². The van der Waals surface area contributed by atoms with Crippen molar-refractivity contribution < 1.29 is 9.53 Å². The van der Waals surface area contributed by atoms with Crippen molar-refractivity contribution >= 4 is 22.9 Å². The standard InChI is InChI=1S/C22H18N4O3S/c1-14-23-18(13-30-14)16-10-6-7-11-17(16)24-22(28)21-19(29-2)12-20(27)26(25-21)15-8-4-3-5-9-15/h3-13H,1-2H3,(H,24,28).